The van der Waals surface area contributed by atoms with Crippen molar-refractivity contribution < 1.29 is 4.74 Å². The Morgan fingerprint density at radius 3 is 2.63 bits per heavy atom. The summed E-state index contributed by atoms with van der Waals surface area (Å²) in [5, 5.41) is 3.44. The number of hydrogen-bond acceptors (Lipinski definition) is 4. The molecule has 0 radical (unpaired) electrons. The Balaban J connectivity index is 1.80. The van der Waals surface area contributed by atoms with Gasteiger partial charge in [0, 0.05) is 44.5 Å². The molecule has 1 N–H and O–H groups in total. The average Bonchev–Trinajstić information content (AvgIpc) is 2.44. The van der Waals surface area contributed by atoms with E-state index in [1.165, 1.54) is 24.8 Å². The van der Waals surface area contributed by atoms with Gasteiger partial charge in [0.1, 0.15) is 0 Å². The van der Waals surface area contributed by atoms with Crippen molar-refractivity contribution in [3.8, 4) is 5.88 Å². The van der Waals surface area contributed by atoms with Gasteiger partial charge in [-0.1, -0.05) is 12.5 Å². The predicted molar refractivity (Wildman–Crippen MR) is 75.3 cm³/mol. The van der Waals surface area contributed by atoms with Crippen molar-refractivity contribution in [1.29, 1.82) is 0 Å². The van der Waals surface area contributed by atoms with Gasteiger partial charge in [0.05, 0.1) is 7.11 Å². The van der Waals surface area contributed by atoms with Gasteiger partial charge in [-0.25, -0.2) is 4.98 Å². The van der Waals surface area contributed by atoms with Gasteiger partial charge in [0.2, 0.25) is 5.88 Å². The Morgan fingerprint density at radius 2 is 2.11 bits per heavy atom. The topological polar surface area (TPSA) is 37.4 Å². The van der Waals surface area contributed by atoms with Gasteiger partial charge in [-0.05, 0) is 24.3 Å². The molecule has 4 nitrogen and oxygen atoms in total. The first-order chi connectivity index (χ1) is 9.38. The van der Waals surface area contributed by atoms with Crippen LogP contribution in [0.15, 0.2) is 18.3 Å². The zero-order valence-corrected chi connectivity index (χ0v) is 11.6. The molecule has 0 spiro atoms. The maximum absolute atomic E-state index is 5.16. The Labute approximate surface area is 115 Å². The van der Waals surface area contributed by atoms with Crippen LogP contribution in [0.2, 0.25) is 0 Å². The van der Waals surface area contributed by atoms with E-state index in [9.17, 15) is 0 Å². The van der Waals surface area contributed by atoms with Gasteiger partial charge in [0.25, 0.3) is 0 Å². The highest BCUT2D eigenvalue weighted by Crippen LogP contribution is 2.41. The van der Waals surface area contributed by atoms with E-state index in [0.717, 1.165) is 32.1 Å². The van der Waals surface area contributed by atoms with E-state index in [1.54, 1.807) is 7.11 Å². The molecule has 2 fully saturated rings. The zero-order chi connectivity index (χ0) is 13.1. The molecular formula is C15H23N3O. The number of ether oxygens (including phenoxy) is 1. The summed E-state index contributed by atoms with van der Waals surface area (Å²) in [5.41, 5.74) is 1.35. The van der Waals surface area contributed by atoms with Crippen molar-refractivity contribution in [2.24, 2.45) is 5.92 Å². The van der Waals surface area contributed by atoms with Crippen LogP contribution in [0.3, 0.4) is 0 Å². The Hall–Kier alpha value is -1.13. The molecule has 4 heteroatoms. The normalized spacial score (nSPS) is 22.8. The fourth-order valence-corrected chi connectivity index (χ4v) is 3.18. The molecule has 1 aromatic heterocycles. The largest absolute Gasteiger partial charge is 0.481 e. The zero-order valence-electron chi connectivity index (χ0n) is 11.6. The molecule has 3 rings (SSSR count). The van der Waals surface area contributed by atoms with Gasteiger partial charge in [-0.15, -0.1) is 0 Å². The highest BCUT2D eigenvalue weighted by atomic mass is 16.5. The molecule has 0 bridgehead atoms. The van der Waals surface area contributed by atoms with Crippen LogP contribution in [0.1, 0.15) is 30.9 Å². The summed E-state index contributed by atoms with van der Waals surface area (Å²) in [6.07, 6.45) is 6.11. The van der Waals surface area contributed by atoms with Gasteiger partial charge in [-0.2, -0.15) is 0 Å². The minimum atomic E-state index is 0.550. The number of piperazine rings is 1. The number of rotatable bonds is 4. The van der Waals surface area contributed by atoms with E-state index in [4.69, 9.17) is 4.74 Å². The lowest BCUT2D eigenvalue weighted by Crippen LogP contribution is -2.47. The highest BCUT2D eigenvalue weighted by molar-refractivity contribution is 5.22. The van der Waals surface area contributed by atoms with E-state index >= 15 is 0 Å². The summed E-state index contributed by atoms with van der Waals surface area (Å²) in [6.45, 7) is 4.50. The molecule has 1 aliphatic heterocycles. The van der Waals surface area contributed by atoms with E-state index in [-0.39, 0.29) is 0 Å². The van der Waals surface area contributed by atoms with Gasteiger partial charge >= 0.3 is 0 Å². The van der Waals surface area contributed by atoms with Crippen molar-refractivity contribution in [3.05, 3.63) is 23.9 Å². The van der Waals surface area contributed by atoms with Gasteiger partial charge in [0.15, 0.2) is 0 Å². The standard InChI is InChI=1S/C15H23N3O/c1-19-14-6-5-13(11-17-14)15(12-3-2-4-12)18-9-7-16-8-10-18/h5-6,11-12,15-16H,2-4,7-10H2,1H3/t15-/m1/s1. The number of nitrogens with zero attached hydrogens (tertiary/aromatic N) is 2. The summed E-state index contributed by atoms with van der Waals surface area (Å²) in [7, 11) is 1.67. The first kappa shape index (κ1) is 12.9. The second kappa shape index (κ2) is 5.88. The first-order valence-corrected chi connectivity index (χ1v) is 7.33. The van der Waals surface area contributed by atoms with Crippen LogP contribution in [0.25, 0.3) is 0 Å². The van der Waals surface area contributed by atoms with Crippen LogP contribution < -0.4 is 10.1 Å². The molecule has 1 saturated carbocycles. The molecule has 0 aromatic carbocycles. The summed E-state index contributed by atoms with van der Waals surface area (Å²) in [6, 6.07) is 4.73. The summed E-state index contributed by atoms with van der Waals surface area (Å²) in [4.78, 5) is 7.02. The van der Waals surface area contributed by atoms with E-state index in [1.807, 2.05) is 12.3 Å². The Bertz CT molecular complexity index is 396. The number of nitrogens with one attached hydrogen (secondary N) is 1. The molecule has 1 saturated heterocycles. The molecule has 19 heavy (non-hydrogen) atoms. The number of pyridine rings is 1. The van der Waals surface area contributed by atoms with Gasteiger partial charge < -0.3 is 10.1 Å². The van der Waals surface area contributed by atoms with Crippen LogP contribution in [0.4, 0.5) is 0 Å². The smallest absolute Gasteiger partial charge is 0.212 e. The van der Waals surface area contributed by atoms with Crippen molar-refractivity contribution in [1.82, 2.24) is 15.2 Å². The van der Waals surface area contributed by atoms with E-state index in [2.05, 4.69) is 21.3 Å². The molecule has 104 valence electrons. The van der Waals surface area contributed by atoms with Crippen LogP contribution in [-0.4, -0.2) is 43.2 Å². The molecule has 1 aliphatic carbocycles. The van der Waals surface area contributed by atoms with Crippen molar-refractivity contribution >= 4 is 0 Å². The number of hydrogen-bond donors (Lipinski definition) is 1. The fourth-order valence-electron chi connectivity index (χ4n) is 3.18. The van der Waals surface area contributed by atoms with Gasteiger partial charge in [-0.3, -0.25) is 4.90 Å². The molecular weight excluding hydrogens is 238 g/mol. The minimum Gasteiger partial charge on any atom is -0.481 e. The maximum atomic E-state index is 5.16. The second-order valence-corrected chi connectivity index (χ2v) is 5.56. The molecule has 2 heterocycles. The SMILES string of the molecule is COc1ccc([C@@H](C2CCC2)N2CCNCC2)cn1. The number of methoxy groups -OCH3 is 1. The molecule has 1 aromatic rings. The van der Waals surface area contributed by atoms with Crippen LogP contribution >= 0.6 is 0 Å². The van der Waals surface area contributed by atoms with Crippen molar-refractivity contribution in [2.75, 3.05) is 33.3 Å². The third-order valence-electron chi connectivity index (χ3n) is 4.45. The van der Waals surface area contributed by atoms with Crippen LogP contribution in [-0.2, 0) is 0 Å². The third-order valence-corrected chi connectivity index (χ3v) is 4.45. The van der Waals surface area contributed by atoms with E-state index < -0.39 is 0 Å². The molecule has 0 unspecified atom stereocenters. The van der Waals surface area contributed by atoms with Crippen LogP contribution in [0, 0.1) is 5.92 Å². The lowest BCUT2D eigenvalue weighted by atomic mass is 9.76. The lowest BCUT2D eigenvalue weighted by molar-refractivity contribution is 0.0834. The molecule has 0 amide bonds. The summed E-state index contributed by atoms with van der Waals surface area (Å²) < 4.78 is 5.16. The fraction of sp³-hybridized carbons (Fsp3) is 0.667. The third kappa shape index (κ3) is 2.74. The van der Waals surface area contributed by atoms with Crippen LogP contribution in [0.5, 0.6) is 5.88 Å². The second-order valence-electron chi connectivity index (χ2n) is 5.56. The highest BCUT2D eigenvalue weighted by Gasteiger charge is 2.33. The lowest BCUT2D eigenvalue weighted by Gasteiger charge is -2.43. The molecule has 2 aliphatic rings. The first-order valence-electron chi connectivity index (χ1n) is 7.33. The average molecular weight is 261 g/mol. The van der Waals surface area contributed by atoms with Crippen molar-refractivity contribution in [3.63, 3.8) is 0 Å². The molecule has 1 atom stereocenters. The summed E-state index contributed by atoms with van der Waals surface area (Å²) >= 11 is 0. The Morgan fingerprint density at radius 1 is 1.32 bits per heavy atom. The maximum Gasteiger partial charge on any atom is 0.212 e. The minimum absolute atomic E-state index is 0.550. The van der Waals surface area contributed by atoms with Crippen molar-refractivity contribution in [2.45, 2.75) is 25.3 Å². The monoisotopic (exact) mass is 261 g/mol. The number of aromatic nitrogens is 1. The van der Waals surface area contributed by atoms with E-state index in [0.29, 0.717) is 11.9 Å². The Kier molecular flexibility index (Phi) is 3.99. The summed E-state index contributed by atoms with van der Waals surface area (Å²) in [5.74, 6) is 1.52. The predicted octanol–water partition coefficient (Wildman–Crippen LogP) is 1.84. The quantitative estimate of drug-likeness (QED) is 0.897.